The van der Waals surface area contributed by atoms with Gasteiger partial charge < -0.3 is 23.9 Å². The molecule has 1 unspecified atom stereocenters. The maximum atomic E-state index is 12.5. The monoisotopic (exact) mass is 446 g/mol. The van der Waals surface area contributed by atoms with Crippen LogP contribution in [0.5, 0.6) is 11.5 Å². The van der Waals surface area contributed by atoms with Gasteiger partial charge in [-0.05, 0) is 13.0 Å². The van der Waals surface area contributed by atoms with E-state index in [4.69, 9.17) is 14.2 Å². The van der Waals surface area contributed by atoms with Gasteiger partial charge in [0.25, 0.3) is 0 Å². The molecule has 1 N–H and O–H groups in total. The van der Waals surface area contributed by atoms with Crippen LogP contribution in [0.4, 0.5) is 0 Å². The third-order valence-electron chi connectivity index (χ3n) is 5.39. The van der Waals surface area contributed by atoms with Gasteiger partial charge >= 0.3 is 5.97 Å². The van der Waals surface area contributed by atoms with Crippen LogP contribution in [0.25, 0.3) is 11.3 Å². The number of pyridine rings is 1. The van der Waals surface area contributed by atoms with Gasteiger partial charge in [-0.25, -0.2) is 4.79 Å². The Balaban J connectivity index is 1.86. The van der Waals surface area contributed by atoms with Crippen molar-refractivity contribution in [3.63, 3.8) is 0 Å². The average molecular weight is 446 g/mol. The van der Waals surface area contributed by atoms with Crippen LogP contribution < -0.4 is 14.9 Å². The minimum atomic E-state index is -1.32. The summed E-state index contributed by atoms with van der Waals surface area (Å²) in [4.78, 5) is 24.1. The topological polar surface area (TPSA) is 111 Å². The standard InChI is InChI=1S/C25H22N2O6/c1-15-4-6-16(7-5-15)24-27-14-19(25(29)30)21(28)11-20(27)18-10-17(13-26)22(12-23(18)33-24)32-9-3-8-31-2/h4-7,10-12,14,24H,3,8-9H2,1-2H3,(H,29,30). The molecule has 8 nitrogen and oxygen atoms in total. The highest BCUT2D eigenvalue weighted by molar-refractivity contribution is 5.88. The predicted octanol–water partition coefficient (Wildman–Crippen LogP) is 3.75. The molecule has 0 fully saturated rings. The van der Waals surface area contributed by atoms with E-state index in [2.05, 4.69) is 6.07 Å². The van der Waals surface area contributed by atoms with Crippen LogP contribution in [-0.2, 0) is 4.74 Å². The number of aromatic nitrogens is 1. The summed E-state index contributed by atoms with van der Waals surface area (Å²) in [5, 5.41) is 19.1. The zero-order valence-corrected chi connectivity index (χ0v) is 18.2. The number of hydrogen-bond donors (Lipinski definition) is 1. The van der Waals surface area contributed by atoms with Crippen molar-refractivity contribution in [2.24, 2.45) is 0 Å². The second-order valence-corrected chi connectivity index (χ2v) is 7.68. The van der Waals surface area contributed by atoms with E-state index in [9.17, 15) is 20.0 Å². The highest BCUT2D eigenvalue weighted by Gasteiger charge is 2.29. The third kappa shape index (κ3) is 4.31. The Morgan fingerprint density at radius 3 is 2.64 bits per heavy atom. The Morgan fingerprint density at radius 2 is 1.97 bits per heavy atom. The molecule has 3 aromatic rings. The molecule has 0 amide bonds. The summed E-state index contributed by atoms with van der Waals surface area (Å²) in [5.74, 6) is -0.516. The fraction of sp³-hybridized carbons (Fsp3) is 0.240. The summed E-state index contributed by atoms with van der Waals surface area (Å²) in [6.45, 7) is 2.85. The summed E-state index contributed by atoms with van der Waals surface area (Å²) < 4.78 is 18.7. The maximum Gasteiger partial charge on any atom is 0.341 e. The number of hydrogen-bond acceptors (Lipinski definition) is 6. The summed E-state index contributed by atoms with van der Waals surface area (Å²) in [7, 11) is 1.60. The van der Waals surface area contributed by atoms with Crippen LogP contribution in [0.15, 0.2) is 53.5 Å². The molecule has 1 aliphatic heterocycles. The molecule has 1 aliphatic rings. The number of benzene rings is 2. The summed E-state index contributed by atoms with van der Waals surface area (Å²) in [5.41, 5.74) is 2.10. The van der Waals surface area contributed by atoms with Crippen molar-refractivity contribution < 1.29 is 24.1 Å². The van der Waals surface area contributed by atoms with E-state index in [0.29, 0.717) is 42.4 Å². The van der Waals surface area contributed by atoms with E-state index in [1.54, 1.807) is 23.8 Å². The fourth-order valence-electron chi connectivity index (χ4n) is 3.71. The smallest absolute Gasteiger partial charge is 0.341 e. The SMILES string of the molecule is COCCCOc1cc2c(cc1C#N)-c1cc(=O)c(C(=O)O)cn1C(c1ccc(C)cc1)O2. The van der Waals surface area contributed by atoms with Gasteiger partial charge in [0.05, 0.1) is 17.9 Å². The number of carboxylic acid groups (broad SMARTS) is 1. The molecule has 0 aliphatic carbocycles. The van der Waals surface area contributed by atoms with Crippen molar-refractivity contribution in [3.05, 3.63) is 81.1 Å². The highest BCUT2D eigenvalue weighted by Crippen LogP contribution is 2.43. The lowest BCUT2D eigenvalue weighted by Gasteiger charge is -2.32. The Hall–Kier alpha value is -4.09. The van der Waals surface area contributed by atoms with Crippen molar-refractivity contribution in [2.45, 2.75) is 19.6 Å². The summed E-state index contributed by atoms with van der Waals surface area (Å²) >= 11 is 0. The van der Waals surface area contributed by atoms with Crippen molar-refractivity contribution >= 4 is 5.97 Å². The second-order valence-electron chi connectivity index (χ2n) is 7.68. The van der Waals surface area contributed by atoms with Gasteiger partial charge in [-0.1, -0.05) is 29.8 Å². The zero-order valence-electron chi connectivity index (χ0n) is 18.2. The van der Waals surface area contributed by atoms with Crippen LogP contribution in [0.1, 0.15) is 39.7 Å². The Bertz CT molecular complexity index is 1300. The number of methoxy groups -OCH3 is 1. The molecule has 2 aromatic carbocycles. The minimum absolute atomic E-state index is 0.282. The first-order valence-corrected chi connectivity index (χ1v) is 10.4. The largest absolute Gasteiger partial charge is 0.492 e. The van der Waals surface area contributed by atoms with Crippen molar-refractivity contribution in [2.75, 3.05) is 20.3 Å². The van der Waals surface area contributed by atoms with Gasteiger partial charge in [-0.2, -0.15) is 5.26 Å². The number of rotatable bonds is 7. The van der Waals surface area contributed by atoms with Gasteiger partial charge in [0.15, 0.2) is 5.43 Å². The van der Waals surface area contributed by atoms with Crippen LogP contribution in [-0.4, -0.2) is 36.0 Å². The first-order chi connectivity index (χ1) is 15.9. The highest BCUT2D eigenvalue weighted by atomic mass is 16.5. The number of fused-ring (bicyclic) bond motifs is 3. The minimum Gasteiger partial charge on any atom is -0.492 e. The van der Waals surface area contributed by atoms with Crippen LogP contribution >= 0.6 is 0 Å². The first-order valence-electron chi connectivity index (χ1n) is 10.4. The molecule has 33 heavy (non-hydrogen) atoms. The predicted molar refractivity (Wildman–Crippen MR) is 120 cm³/mol. The Kier molecular flexibility index (Phi) is 6.16. The van der Waals surface area contributed by atoms with E-state index in [-0.39, 0.29) is 11.1 Å². The molecule has 168 valence electrons. The van der Waals surface area contributed by atoms with Crippen molar-refractivity contribution in [3.8, 4) is 28.8 Å². The molecule has 1 atom stereocenters. The maximum absolute atomic E-state index is 12.5. The number of nitrogens with zero attached hydrogens (tertiary/aromatic N) is 2. The van der Waals surface area contributed by atoms with Gasteiger partial charge in [0, 0.05) is 49.6 Å². The lowest BCUT2D eigenvalue weighted by molar-refractivity contribution is 0.0693. The van der Waals surface area contributed by atoms with Crippen molar-refractivity contribution in [1.82, 2.24) is 4.57 Å². The molecule has 2 heterocycles. The number of aryl methyl sites for hydroxylation is 1. The van der Waals surface area contributed by atoms with Gasteiger partial charge in [0.1, 0.15) is 23.1 Å². The first kappa shape index (κ1) is 22.1. The van der Waals surface area contributed by atoms with E-state index >= 15 is 0 Å². The summed E-state index contributed by atoms with van der Waals surface area (Å²) in [6.07, 6.45) is 1.23. The number of carbonyl (C=O) groups is 1. The summed E-state index contributed by atoms with van der Waals surface area (Å²) in [6, 6.07) is 14.3. The fourth-order valence-corrected chi connectivity index (χ4v) is 3.71. The number of nitriles is 1. The Labute approximate surface area is 190 Å². The second kappa shape index (κ2) is 9.18. The molecule has 0 bridgehead atoms. The lowest BCUT2D eigenvalue weighted by atomic mass is 10.0. The number of ether oxygens (including phenoxy) is 3. The third-order valence-corrected chi connectivity index (χ3v) is 5.39. The zero-order chi connectivity index (χ0) is 23.5. The van der Waals surface area contributed by atoms with Gasteiger partial charge in [0.2, 0.25) is 6.23 Å². The van der Waals surface area contributed by atoms with E-state index < -0.39 is 17.6 Å². The molecule has 8 heteroatoms. The van der Waals surface area contributed by atoms with E-state index in [0.717, 1.165) is 11.1 Å². The number of carboxylic acids is 1. The van der Waals surface area contributed by atoms with Gasteiger partial charge in [-0.15, -0.1) is 0 Å². The quantitative estimate of drug-likeness (QED) is 0.550. The van der Waals surface area contributed by atoms with E-state index in [1.807, 2.05) is 31.2 Å². The molecule has 1 aromatic heterocycles. The average Bonchev–Trinajstić information content (AvgIpc) is 2.81. The molecule has 0 spiro atoms. The molecular formula is C25H22N2O6. The van der Waals surface area contributed by atoms with Crippen LogP contribution in [0.3, 0.4) is 0 Å². The van der Waals surface area contributed by atoms with Gasteiger partial charge in [-0.3, -0.25) is 4.79 Å². The molecular weight excluding hydrogens is 424 g/mol. The number of aromatic carboxylic acids is 1. The van der Waals surface area contributed by atoms with E-state index in [1.165, 1.54) is 12.3 Å². The lowest BCUT2D eigenvalue weighted by Crippen LogP contribution is -2.27. The molecule has 0 saturated carbocycles. The van der Waals surface area contributed by atoms with Crippen LogP contribution in [0, 0.1) is 18.3 Å². The molecule has 0 radical (unpaired) electrons. The van der Waals surface area contributed by atoms with Crippen molar-refractivity contribution in [1.29, 1.82) is 5.26 Å². The molecule has 0 saturated heterocycles. The van der Waals surface area contributed by atoms with Crippen LogP contribution in [0.2, 0.25) is 0 Å². The Morgan fingerprint density at radius 1 is 1.21 bits per heavy atom. The molecule has 4 rings (SSSR count). The normalized spacial score (nSPS) is 13.9.